The summed E-state index contributed by atoms with van der Waals surface area (Å²) in [4.78, 5) is 0. The van der Waals surface area contributed by atoms with Gasteiger partial charge in [0.2, 0.25) is 5.72 Å². The summed E-state index contributed by atoms with van der Waals surface area (Å²) in [5.41, 5.74) is -0.533. The quantitative estimate of drug-likeness (QED) is 0.540. The van der Waals surface area contributed by atoms with Gasteiger partial charge in [0, 0.05) is 12.8 Å². The van der Waals surface area contributed by atoms with Crippen LogP contribution in [-0.4, -0.2) is 68.1 Å². The van der Waals surface area contributed by atoms with Crippen LogP contribution < -0.4 is 0 Å². The second kappa shape index (κ2) is 3.72. The molecule has 0 heterocycles. The van der Waals surface area contributed by atoms with Crippen molar-refractivity contribution in [2.75, 3.05) is 42.3 Å². The smallest absolute Gasteiger partial charge is 0.205 e. The molecule has 3 heteroatoms. The van der Waals surface area contributed by atoms with Crippen molar-refractivity contribution in [3.63, 3.8) is 0 Å². The molecule has 0 bridgehead atoms. The summed E-state index contributed by atoms with van der Waals surface area (Å²) in [6, 6.07) is 0.584. The summed E-state index contributed by atoms with van der Waals surface area (Å²) >= 11 is 0. The Morgan fingerprint density at radius 1 is 1.07 bits per heavy atom. The van der Waals surface area contributed by atoms with Crippen molar-refractivity contribution >= 4 is 0 Å². The molecular formula is C12H28N2O+2. The van der Waals surface area contributed by atoms with Crippen LogP contribution in [0.3, 0.4) is 0 Å². The molecule has 1 saturated carbocycles. The molecule has 0 aromatic carbocycles. The van der Waals surface area contributed by atoms with Crippen LogP contribution in [0.2, 0.25) is 0 Å². The third kappa shape index (κ3) is 2.71. The van der Waals surface area contributed by atoms with Crippen LogP contribution in [0.15, 0.2) is 0 Å². The summed E-state index contributed by atoms with van der Waals surface area (Å²) in [6.07, 6.45) is 4.24. The lowest BCUT2D eigenvalue weighted by Gasteiger charge is -2.48. The number of aliphatic hydroxyl groups is 1. The molecule has 1 N–H and O–H groups in total. The van der Waals surface area contributed by atoms with Crippen LogP contribution >= 0.6 is 0 Å². The van der Waals surface area contributed by atoms with E-state index in [9.17, 15) is 5.11 Å². The zero-order valence-corrected chi connectivity index (χ0v) is 11.2. The maximum Gasteiger partial charge on any atom is 0.205 e. The summed E-state index contributed by atoms with van der Waals surface area (Å²) in [5.74, 6) is 0. The normalized spacial score (nSPS) is 34.2. The minimum atomic E-state index is -0.533. The molecule has 0 amide bonds. The van der Waals surface area contributed by atoms with Crippen LogP contribution in [0, 0.1) is 0 Å². The Balaban J connectivity index is 2.80. The highest BCUT2D eigenvalue weighted by atomic mass is 16.3. The summed E-state index contributed by atoms with van der Waals surface area (Å²) in [6.45, 7) is 0. The second-order valence-corrected chi connectivity index (χ2v) is 6.86. The van der Waals surface area contributed by atoms with Crippen LogP contribution in [-0.2, 0) is 0 Å². The SMILES string of the molecule is C[N+](C)(C)C1CCCC(O)([N+](C)(C)C)C1. The lowest BCUT2D eigenvalue weighted by atomic mass is 9.84. The Labute approximate surface area is 94.5 Å². The van der Waals surface area contributed by atoms with Crippen LogP contribution in [0.4, 0.5) is 0 Å². The molecule has 1 rings (SSSR count). The van der Waals surface area contributed by atoms with Gasteiger partial charge in [-0.3, -0.25) is 0 Å². The minimum absolute atomic E-state index is 0.533. The standard InChI is InChI=1S/C12H28N2O/c1-13(2,3)11-8-7-9-12(15,10-11)14(4,5)6/h11,15H,7-10H2,1-6H3/q+2. The Kier molecular flexibility index (Phi) is 3.21. The van der Waals surface area contributed by atoms with Crippen molar-refractivity contribution in [1.82, 2.24) is 0 Å². The molecule has 0 saturated heterocycles. The third-order valence-electron chi connectivity index (χ3n) is 4.02. The Hall–Kier alpha value is -0.120. The molecule has 15 heavy (non-hydrogen) atoms. The molecule has 1 aliphatic carbocycles. The molecule has 90 valence electrons. The minimum Gasteiger partial charge on any atom is -0.342 e. The lowest BCUT2D eigenvalue weighted by Crippen LogP contribution is -2.63. The topological polar surface area (TPSA) is 20.2 Å². The van der Waals surface area contributed by atoms with E-state index in [0.29, 0.717) is 10.5 Å². The van der Waals surface area contributed by atoms with Gasteiger partial charge >= 0.3 is 0 Å². The van der Waals surface area contributed by atoms with E-state index in [1.165, 1.54) is 6.42 Å². The number of rotatable bonds is 2. The van der Waals surface area contributed by atoms with Gasteiger partial charge < -0.3 is 14.1 Å². The van der Waals surface area contributed by atoms with Crippen molar-refractivity contribution in [2.24, 2.45) is 0 Å². The van der Waals surface area contributed by atoms with Gasteiger partial charge in [0.25, 0.3) is 0 Å². The Morgan fingerprint density at radius 3 is 2.00 bits per heavy atom. The molecule has 0 aliphatic heterocycles. The maximum absolute atomic E-state index is 10.7. The monoisotopic (exact) mass is 216 g/mol. The van der Waals surface area contributed by atoms with Gasteiger partial charge in [-0.05, 0) is 6.42 Å². The van der Waals surface area contributed by atoms with Crippen molar-refractivity contribution < 1.29 is 14.1 Å². The van der Waals surface area contributed by atoms with Crippen LogP contribution in [0.25, 0.3) is 0 Å². The first-order valence-electron chi connectivity index (χ1n) is 5.91. The Bertz CT molecular complexity index is 227. The highest BCUT2D eigenvalue weighted by Gasteiger charge is 2.48. The predicted molar refractivity (Wildman–Crippen MR) is 63.3 cm³/mol. The summed E-state index contributed by atoms with van der Waals surface area (Å²) < 4.78 is 1.62. The highest BCUT2D eigenvalue weighted by Crippen LogP contribution is 2.36. The molecule has 0 aromatic heterocycles. The van der Waals surface area contributed by atoms with Gasteiger partial charge in [-0.2, -0.15) is 0 Å². The maximum atomic E-state index is 10.7. The van der Waals surface area contributed by atoms with E-state index in [1.807, 2.05) is 0 Å². The van der Waals surface area contributed by atoms with Crippen LogP contribution in [0.5, 0.6) is 0 Å². The average molecular weight is 216 g/mol. The molecule has 1 fully saturated rings. The molecule has 2 unspecified atom stereocenters. The zero-order valence-electron chi connectivity index (χ0n) is 11.2. The first-order chi connectivity index (χ1) is 6.56. The molecule has 3 nitrogen and oxygen atoms in total. The number of hydrogen-bond donors (Lipinski definition) is 1. The molecular weight excluding hydrogens is 188 g/mol. The van der Waals surface area contributed by atoms with Gasteiger partial charge in [-0.1, -0.05) is 0 Å². The fourth-order valence-corrected chi connectivity index (χ4v) is 2.47. The molecule has 2 atom stereocenters. The zero-order chi connectivity index (χ0) is 11.9. The first-order valence-corrected chi connectivity index (χ1v) is 5.91. The van der Waals surface area contributed by atoms with E-state index in [1.54, 1.807) is 0 Å². The molecule has 0 aromatic rings. The van der Waals surface area contributed by atoms with E-state index in [0.717, 1.165) is 23.7 Å². The fourth-order valence-electron chi connectivity index (χ4n) is 2.47. The van der Waals surface area contributed by atoms with E-state index in [4.69, 9.17) is 0 Å². The molecule has 0 spiro atoms. The van der Waals surface area contributed by atoms with Crippen molar-refractivity contribution in [3.8, 4) is 0 Å². The van der Waals surface area contributed by atoms with Gasteiger partial charge in [-0.15, -0.1) is 0 Å². The summed E-state index contributed by atoms with van der Waals surface area (Å²) in [7, 11) is 13.0. The first kappa shape index (κ1) is 12.9. The number of hydrogen-bond acceptors (Lipinski definition) is 1. The summed E-state index contributed by atoms with van der Waals surface area (Å²) in [5, 5.41) is 10.7. The molecule has 1 aliphatic rings. The molecule has 0 radical (unpaired) electrons. The Morgan fingerprint density at radius 2 is 1.60 bits per heavy atom. The van der Waals surface area contributed by atoms with Crippen molar-refractivity contribution in [1.29, 1.82) is 0 Å². The number of nitrogens with zero attached hydrogens (tertiary/aromatic N) is 2. The van der Waals surface area contributed by atoms with Gasteiger partial charge in [0.1, 0.15) is 0 Å². The van der Waals surface area contributed by atoms with E-state index < -0.39 is 5.72 Å². The van der Waals surface area contributed by atoms with E-state index in [2.05, 4.69) is 42.3 Å². The second-order valence-electron chi connectivity index (χ2n) is 6.86. The van der Waals surface area contributed by atoms with Gasteiger partial charge in [0.05, 0.1) is 54.7 Å². The largest absolute Gasteiger partial charge is 0.342 e. The lowest BCUT2D eigenvalue weighted by molar-refractivity contribution is -0.964. The highest BCUT2D eigenvalue weighted by molar-refractivity contribution is 4.79. The third-order valence-corrected chi connectivity index (χ3v) is 4.02. The fraction of sp³-hybridized carbons (Fsp3) is 1.00. The van der Waals surface area contributed by atoms with Gasteiger partial charge in [-0.25, -0.2) is 0 Å². The number of quaternary nitrogens is 2. The predicted octanol–water partition coefficient (Wildman–Crippen LogP) is 1.03. The van der Waals surface area contributed by atoms with E-state index >= 15 is 0 Å². The van der Waals surface area contributed by atoms with Crippen molar-refractivity contribution in [2.45, 2.75) is 37.5 Å². The average Bonchev–Trinajstić information content (AvgIpc) is 2.00. The van der Waals surface area contributed by atoms with Gasteiger partial charge in [0.15, 0.2) is 0 Å². The van der Waals surface area contributed by atoms with Crippen molar-refractivity contribution in [3.05, 3.63) is 0 Å². The van der Waals surface area contributed by atoms with E-state index in [-0.39, 0.29) is 0 Å². The van der Waals surface area contributed by atoms with Crippen LogP contribution in [0.1, 0.15) is 25.7 Å².